The molecule has 2 atom stereocenters. The summed E-state index contributed by atoms with van der Waals surface area (Å²) >= 11 is 1.83. The van der Waals surface area contributed by atoms with Crippen molar-refractivity contribution in [3.63, 3.8) is 0 Å². The van der Waals surface area contributed by atoms with Crippen molar-refractivity contribution in [2.24, 2.45) is 0 Å². The van der Waals surface area contributed by atoms with Gasteiger partial charge in [0, 0.05) is 29.2 Å². The highest BCUT2D eigenvalue weighted by atomic mass is 32.1. The number of aryl methyl sites for hydroxylation is 1. The Bertz CT molecular complexity index is 361. The number of rotatable bonds is 4. The van der Waals surface area contributed by atoms with Gasteiger partial charge in [-0.25, -0.2) is 0 Å². The zero-order valence-electron chi connectivity index (χ0n) is 10.7. The van der Waals surface area contributed by atoms with Crippen molar-refractivity contribution in [1.29, 1.82) is 0 Å². The van der Waals surface area contributed by atoms with E-state index < -0.39 is 5.60 Å². The average Bonchev–Trinajstić information content (AvgIpc) is 2.76. The molecule has 1 aromatic rings. The van der Waals surface area contributed by atoms with Crippen LogP contribution in [-0.2, 0) is 17.6 Å². The van der Waals surface area contributed by atoms with Gasteiger partial charge in [-0.15, -0.1) is 11.3 Å². The Kier molecular flexibility index (Phi) is 4.23. The van der Waals surface area contributed by atoms with E-state index in [2.05, 4.69) is 26.0 Å². The summed E-state index contributed by atoms with van der Waals surface area (Å²) < 4.78 is 5.63. The molecule has 2 rings (SSSR count). The van der Waals surface area contributed by atoms with Crippen LogP contribution in [0.5, 0.6) is 0 Å². The van der Waals surface area contributed by atoms with Gasteiger partial charge >= 0.3 is 0 Å². The van der Waals surface area contributed by atoms with Crippen LogP contribution >= 0.6 is 11.3 Å². The van der Waals surface area contributed by atoms with E-state index in [9.17, 15) is 5.11 Å². The second kappa shape index (κ2) is 5.51. The summed E-state index contributed by atoms with van der Waals surface area (Å²) in [6.45, 7) is 4.99. The highest BCUT2D eigenvalue weighted by Crippen LogP contribution is 2.31. The van der Waals surface area contributed by atoms with E-state index in [0.717, 1.165) is 32.1 Å². The van der Waals surface area contributed by atoms with Crippen LogP contribution < -0.4 is 0 Å². The van der Waals surface area contributed by atoms with E-state index in [1.54, 1.807) is 0 Å². The summed E-state index contributed by atoms with van der Waals surface area (Å²) in [7, 11) is 0. The van der Waals surface area contributed by atoms with E-state index in [4.69, 9.17) is 4.74 Å². The second-order valence-electron chi connectivity index (χ2n) is 4.98. The number of aliphatic hydroxyl groups is 1. The first-order chi connectivity index (χ1) is 8.15. The fraction of sp³-hybridized carbons (Fsp3) is 0.714. The zero-order chi connectivity index (χ0) is 12.3. The highest BCUT2D eigenvalue weighted by Gasteiger charge is 2.34. The lowest BCUT2D eigenvalue weighted by Gasteiger charge is -2.36. The number of hydrogen-bond acceptors (Lipinski definition) is 3. The van der Waals surface area contributed by atoms with Gasteiger partial charge in [-0.2, -0.15) is 0 Å². The van der Waals surface area contributed by atoms with Gasteiger partial charge in [0.25, 0.3) is 0 Å². The van der Waals surface area contributed by atoms with Gasteiger partial charge in [-0.1, -0.05) is 13.8 Å². The quantitative estimate of drug-likeness (QED) is 0.894. The molecule has 0 amide bonds. The predicted octanol–water partition coefficient (Wildman–Crippen LogP) is 3.17. The molecule has 1 aromatic heterocycles. The molecule has 96 valence electrons. The van der Waals surface area contributed by atoms with Gasteiger partial charge in [0.1, 0.15) is 0 Å². The zero-order valence-corrected chi connectivity index (χ0v) is 11.6. The monoisotopic (exact) mass is 254 g/mol. The smallest absolute Gasteiger partial charge is 0.0742 e. The third kappa shape index (κ3) is 3.30. The molecule has 2 heterocycles. The summed E-state index contributed by atoms with van der Waals surface area (Å²) in [5.41, 5.74) is -0.547. The lowest BCUT2D eigenvalue weighted by atomic mass is 9.86. The van der Waals surface area contributed by atoms with Gasteiger partial charge in [0.05, 0.1) is 11.7 Å². The Hall–Kier alpha value is -0.380. The van der Waals surface area contributed by atoms with Crippen LogP contribution in [0.25, 0.3) is 0 Å². The molecule has 17 heavy (non-hydrogen) atoms. The molecule has 0 aromatic carbocycles. The molecule has 2 unspecified atom stereocenters. The van der Waals surface area contributed by atoms with Gasteiger partial charge in [0.2, 0.25) is 0 Å². The van der Waals surface area contributed by atoms with Crippen LogP contribution in [0.4, 0.5) is 0 Å². The lowest BCUT2D eigenvalue weighted by Crippen LogP contribution is -2.42. The van der Waals surface area contributed by atoms with Crippen LogP contribution in [0, 0.1) is 0 Å². The first-order valence-corrected chi connectivity index (χ1v) is 7.38. The second-order valence-corrected chi connectivity index (χ2v) is 6.23. The molecule has 3 heteroatoms. The van der Waals surface area contributed by atoms with Crippen molar-refractivity contribution in [2.45, 2.75) is 57.7 Å². The first-order valence-electron chi connectivity index (χ1n) is 6.57. The van der Waals surface area contributed by atoms with E-state index in [-0.39, 0.29) is 6.10 Å². The van der Waals surface area contributed by atoms with Gasteiger partial charge in [-0.3, -0.25) is 0 Å². The SMILES string of the molecule is CCc1ccc(CC2(O)CCOC(CC)C2)s1. The lowest BCUT2D eigenvalue weighted by molar-refractivity contribution is -0.103. The summed E-state index contributed by atoms with van der Waals surface area (Å²) in [5.74, 6) is 0. The molecule has 1 N–H and O–H groups in total. The molecule has 0 saturated carbocycles. The topological polar surface area (TPSA) is 29.5 Å². The Labute approximate surface area is 108 Å². The van der Waals surface area contributed by atoms with Crippen molar-refractivity contribution >= 4 is 11.3 Å². The Morgan fingerprint density at radius 1 is 1.41 bits per heavy atom. The minimum atomic E-state index is -0.547. The molecule has 1 saturated heterocycles. The van der Waals surface area contributed by atoms with Crippen molar-refractivity contribution in [3.8, 4) is 0 Å². The number of hydrogen-bond donors (Lipinski definition) is 1. The maximum atomic E-state index is 10.6. The summed E-state index contributed by atoms with van der Waals surface area (Å²) in [6.07, 6.45) is 4.65. The van der Waals surface area contributed by atoms with Gasteiger partial charge in [-0.05, 0) is 31.4 Å². The molecule has 0 bridgehead atoms. The van der Waals surface area contributed by atoms with E-state index >= 15 is 0 Å². The predicted molar refractivity (Wildman–Crippen MR) is 71.6 cm³/mol. The van der Waals surface area contributed by atoms with E-state index in [1.807, 2.05) is 11.3 Å². The molecule has 1 aliphatic rings. The fourth-order valence-corrected chi connectivity index (χ4v) is 3.55. The molecular formula is C14H22O2S. The molecule has 1 aliphatic heterocycles. The van der Waals surface area contributed by atoms with Crippen LogP contribution in [0.1, 0.15) is 42.9 Å². The molecule has 1 fully saturated rings. The van der Waals surface area contributed by atoms with E-state index in [1.165, 1.54) is 9.75 Å². The minimum Gasteiger partial charge on any atom is -0.389 e. The van der Waals surface area contributed by atoms with Gasteiger partial charge < -0.3 is 9.84 Å². The number of ether oxygens (including phenoxy) is 1. The van der Waals surface area contributed by atoms with Crippen molar-refractivity contribution in [3.05, 3.63) is 21.9 Å². The van der Waals surface area contributed by atoms with Crippen LogP contribution in [0.15, 0.2) is 12.1 Å². The van der Waals surface area contributed by atoms with Crippen molar-refractivity contribution in [1.82, 2.24) is 0 Å². The minimum absolute atomic E-state index is 0.236. The molecule has 2 nitrogen and oxygen atoms in total. The third-order valence-corrected chi connectivity index (χ3v) is 4.78. The highest BCUT2D eigenvalue weighted by molar-refractivity contribution is 7.12. The van der Waals surface area contributed by atoms with Crippen molar-refractivity contribution < 1.29 is 9.84 Å². The first kappa shape index (κ1) is 13.1. The van der Waals surface area contributed by atoms with Crippen LogP contribution in [-0.4, -0.2) is 23.4 Å². The molecule has 0 spiro atoms. The third-order valence-electron chi connectivity index (χ3n) is 3.55. The normalized spacial score (nSPS) is 29.5. The standard InChI is InChI=1S/C14H22O2S/c1-3-11-9-14(15,7-8-16-11)10-13-6-5-12(4-2)17-13/h5-6,11,15H,3-4,7-10H2,1-2H3. The Morgan fingerprint density at radius 2 is 2.18 bits per heavy atom. The fourth-order valence-electron chi connectivity index (χ4n) is 2.45. The van der Waals surface area contributed by atoms with Crippen LogP contribution in [0.3, 0.4) is 0 Å². The number of thiophene rings is 1. The molecule has 0 radical (unpaired) electrons. The maximum absolute atomic E-state index is 10.6. The largest absolute Gasteiger partial charge is 0.389 e. The summed E-state index contributed by atoms with van der Waals surface area (Å²) in [4.78, 5) is 2.71. The molecule has 0 aliphatic carbocycles. The summed E-state index contributed by atoms with van der Waals surface area (Å²) in [6, 6.07) is 4.35. The van der Waals surface area contributed by atoms with Crippen molar-refractivity contribution in [2.75, 3.05) is 6.61 Å². The maximum Gasteiger partial charge on any atom is 0.0742 e. The van der Waals surface area contributed by atoms with Gasteiger partial charge in [0.15, 0.2) is 0 Å². The molecular weight excluding hydrogens is 232 g/mol. The summed E-state index contributed by atoms with van der Waals surface area (Å²) in [5, 5.41) is 10.6. The Balaban J connectivity index is 2.00. The van der Waals surface area contributed by atoms with E-state index in [0.29, 0.717) is 6.61 Å². The van der Waals surface area contributed by atoms with Crippen LogP contribution in [0.2, 0.25) is 0 Å². The Morgan fingerprint density at radius 3 is 2.82 bits per heavy atom. The average molecular weight is 254 g/mol.